The van der Waals surface area contributed by atoms with E-state index < -0.39 is 0 Å². The molecule has 0 aliphatic heterocycles. The van der Waals surface area contributed by atoms with E-state index >= 15 is 0 Å². The number of carbonyl (C=O) groups is 1. The molecule has 7 nitrogen and oxygen atoms in total. The van der Waals surface area contributed by atoms with Gasteiger partial charge in [0, 0.05) is 5.92 Å². The fourth-order valence-corrected chi connectivity index (χ4v) is 4.42. The summed E-state index contributed by atoms with van der Waals surface area (Å²) >= 11 is 1.33. The van der Waals surface area contributed by atoms with E-state index in [0.29, 0.717) is 21.8 Å². The first-order valence-corrected chi connectivity index (χ1v) is 11.0. The van der Waals surface area contributed by atoms with Crippen LogP contribution in [0.3, 0.4) is 0 Å². The van der Waals surface area contributed by atoms with Gasteiger partial charge in [-0.25, -0.2) is 0 Å². The normalized spacial score (nSPS) is 15.6. The summed E-state index contributed by atoms with van der Waals surface area (Å²) < 4.78 is 7.39. The van der Waals surface area contributed by atoms with E-state index in [4.69, 9.17) is 4.74 Å². The topological polar surface area (TPSA) is 81.4 Å². The number of nitrogens with one attached hydrogen (secondary N) is 1. The second kappa shape index (κ2) is 8.10. The average Bonchev–Trinajstić information content (AvgIpc) is 3.27. The Morgan fingerprint density at radius 3 is 2.59 bits per heavy atom. The van der Waals surface area contributed by atoms with Gasteiger partial charge in [0.25, 0.3) is 5.91 Å². The van der Waals surface area contributed by atoms with Crippen LogP contribution in [0.1, 0.15) is 70.2 Å². The Morgan fingerprint density at radius 1 is 1.17 bits per heavy atom. The third-order valence-corrected chi connectivity index (χ3v) is 6.14. The molecule has 1 aliphatic carbocycles. The van der Waals surface area contributed by atoms with Gasteiger partial charge in [-0.05, 0) is 36.0 Å². The highest BCUT2D eigenvalue weighted by molar-refractivity contribution is 7.20. The van der Waals surface area contributed by atoms with Gasteiger partial charge in [-0.3, -0.25) is 10.1 Å². The molecule has 1 saturated carbocycles. The Kier molecular flexibility index (Phi) is 5.54. The van der Waals surface area contributed by atoms with Gasteiger partial charge in [0.2, 0.25) is 10.1 Å². The van der Waals surface area contributed by atoms with Crippen molar-refractivity contribution >= 4 is 27.3 Å². The lowest BCUT2D eigenvalue weighted by Gasteiger charge is -2.19. The molecule has 4 rings (SSSR count). The number of rotatable bonds is 5. The SMILES string of the molecule is CC(C)(C)c1ccc(OCC(=O)Nc2nn3c(C4CCCCC4)nnc3s2)cc1. The Balaban J connectivity index is 1.36. The molecule has 0 atom stereocenters. The molecular weight excluding hydrogens is 386 g/mol. The Hall–Kier alpha value is -2.48. The number of amides is 1. The van der Waals surface area contributed by atoms with E-state index in [1.807, 2.05) is 24.3 Å². The van der Waals surface area contributed by atoms with Crippen LogP contribution in [0, 0.1) is 0 Å². The average molecular weight is 414 g/mol. The zero-order chi connectivity index (χ0) is 20.4. The highest BCUT2D eigenvalue weighted by Crippen LogP contribution is 2.32. The van der Waals surface area contributed by atoms with E-state index in [0.717, 1.165) is 18.7 Å². The van der Waals surface area contributed by atoms with E-state index in [1.165, 1.54) is 36.2 Å². The van der Waals surface area contributed by atoms with Gasteiger partial charge in [0.1, 0.15) is 5.75 Å². The number of benzene rings is 1. The molecule has 0 bridgehead atoms. The monoisotopic (exact) mass is 413 g/mol. The number of ether oxygens (including phenoxy) is 1. The van der Waals surface area contributed by atoms with Crippen LogP contribution >= 0.6 is 11.3 Å². The van der Waals surface area contributed by atoms with Gasteiger partial charge in [-0.15, -0.1) is 15.3 Å². The number of anilines is 1. The quantitative estimate of drug-likeness (QED) is 0.664. The maximum absolute atomic E-state index is 12.3. The molecular formula is C21H27N5O2S. The van der Waals surface area contributed by atoms with Gasteiger partial charge >= 0.3 is 0 Å². The van der Waals surface area contributed by atoms with Gasteiger partial charge in [0.05, 0.1) is 0 Å². The number of hydrogen-bond acceptors (Lipinski definition) is 6. The molecule has 2 heterocycles. The largest absolute Gasteiger partial charge is 0.484 e. The number of carbonyl (C=O) groups excluding carboxylic acids is 1. The van der Waals surface area contributed by atoms with Crippen molar-refractivity contribution in [3.63, 3.8) is 0 Å². The van der Waals surface area contributed by atoms with E-state index in [1.54, 1.807) is 4.52 Å². The van der Waals surface area contributed by atoms with Crippen molar-refractivity contribution in [2.45, 2.75) is 64.2 Å². The first-order valence-electron chi connectivity index (χ1n) is 10.2. The van der Waals surface area contributed by atoms with Gasteiger partial charge in [-0.1, -0.05) is 63.5 Å². The van der Waals surface area contributed by atoms with Gasteiger partial charge in [0.15, 0.2) is 12.4 Å². The van der Waals surface area contributed by atoms with Crippen molar-refractivity contribution in [1.29, 1.82) is 0 Å². The van der Waals surface area contributed by atoms with E-state index in [2.05, 4.69) is 41.4 Å². The third-order valence-electron chi connectivity index (χ3n) is 5.32. The minimum Gasteiger partial charge on any atom is -0.484 e. The van der Waals surface area contributed by atoms with Gasteiger partial charge < -0.3 is 4.74 Å². The molecule has 0 saturated heterocycles. The summed E-state index contributed by atoms with van der Waals surface area (Å²) in [6, 6.07) is 7.85. The molecule has 1 aromatic carbocycles. The Labute approximate surface area is 174 Å². The van der Waals surface area contributed by atoms with Crippen molar-refractivity contribution in [3.05, 3.63) is 35.7 Å². The summed E-state index contributed by atoms with van der Waals surface area (Å²) in [5.41, 5.74) is 1.31. The van der Waals surface area contributed by atoms with Crippen molar-refractivity contribution in [1.82, 2.24) is 19.8 Å². The number of hydrogen-bond donors (Lipinski definition) is 1. The van der Waals surface area contributed by atoms with Crippen LogP contribution in [0.5, 0.6) is 5.75 Å². The maximum atomic E-state index is 12.3. The first-order chi connectivity index (χ1) is 13.9. The van der Waals surface area contributed by atoms with Crippen molar-refractivity contribution in [2.24, 2.45) is 0 Å². The maximum Gasteiger partial charge on any atom is 0.264 e. The van der Waals surface area contributed by atoms with E-state index in [-0.39, 0.29) is 17.9 Å². The summed E-state index contributed by atoms with van der Waals surface area (Å²) in [6.07, 6.45) is 5.99. The van der Waals surface area contributed by atoms with Crippen LogP contribution in [0.15, 0.2) is 24.3 Å². The predicted molar refractivity (Wildman–Crippen MR) is 114 cm³/mol. The molecule has 0 unspecified atom stereocenters. The zero-order valence-electron chi connectivity index (χ0n) is 17.1. The third kappa shape index (κ3) is 4.58. The Morgan fingerprint density at radius 2 is 1.90 bits per heavy atom. The molecule has 1 amide bonds. The molecule has 29 heavy (non-hydrogen) atoms. The van der Waals surface area contributed by atoms with Crippen molar-refractivity contribution < 1.29 is 9.53 Å². The molecule has 2 aromatic heterocycles. The summed E-state index contributed by atoms with van der Waals surface area (Å²) in [4.78, 5) is 13.0. The minimum atomic E-state index is -0.242. The summed E-state index contributed by atoms with van der Waals surface area (Å²) in [6.45, 7) is 6.42. The standard InChI is InChI=1S/C21H27N5O2S/c1-21(2,3)15-9-11-16(12-10-15)28-13-17(27)22-19-25-26-18(23-24-20(26)29-19)14-7-5-4-6-8-14/h9-12,14H,4-8,13H2,1-3H3,(H,22,25,27). The molecule has 1 N–H and O–H groups in total. The van der Waals surface area contributed by atoms with Crippen molar-refractivity contribution in [3.8, 4) is 5.75 Å². The predicted octanol–water partition coefficient (Wildman–Crippen LogP) is 4.55. The summed E-state index contributed by atoms with van der Waals surface area (Å²) in [5, 5.41) is 16.4. The van der Waals surface area contributed by atoms with Crippen LogP contribution < -0.4 is 10.1 Å². The second-order valence-electron chi connectivity index (χ2n) is 8.61. The van der Waals surface area contributed by atoms with Crippen LogP contribution in [-0.2, 0) is 10.2 Å². The number of nitrogens with zero attached hydrogens (tertiary/aromatic N) is 4. The number of aromatic nitrogens is 4. The fraction of sp³-hybridized carbons (Fsp3) is 0.524. The summed E-state index contributed by atoms with van der Waals surface area (Å²) in [7, 11) is 0. The van der Waals surface area contributed by atoms with Gasteiger partial charge in [-0.2, -0.15) is 4.52 Å². The van der Waals surface area contributed by atoms with E-state index in [9.17, 15) is 4.79 Å². The minimum absolute atomic E-state index is 0.0650. The highest BCUT2D eigenvalue weighted by atomic mass is 32.1. The molecule has 0 radical (unpaired) electrons. The Bertz CT molecular complexity index is 981. The lowest BCUT2D eigenvalue weighted by atomic mass is 9.87. The highest BCUT2D eigenvalue weighted by Gasteiger charge is 2.23. The second-order valence-corrected chi connectivity index (χ2v) is 9.56. The lowest BCUT2D eigenvalue weighted by Crippen LogP contribution is -2.20. The summed E-state index contributed by atoms with van der Waals surface area (Å²) in [5.74, 6) is 1.75. The fourth-order valence-electron chi connectivity index (χ4n) is 3.65. The molecule has 1 fully saturated rings. The molecule has 1 aliphatic rings. The van der Waals surface area contributed by atoms with Crippen LogP contribution in [0.2, 0.25) is 0 Å². The van der Waals surface area contributed by atoms with Crippen molar-refractivity contribution in [2.75, 3.05) is 11.9 Å². The van der Waals surface area contributed by atoms with Crippen LogP contribution in [0.4, 0.5) is 5.13 Å². The molecule has 154 valence electrons. The lowest BCUT2D eigenvalue weighted by molar-refractivity contribution is -0.118. The smallest absolute Gasteiger partial charge is 0.264 e. The first kappa shape index (κ1) is 19.8. The molecule has 3 aromatic rings. The zero-order valence-corrected chi connectivity index (χ0v) is 18.0. The van der Waals surface area contributed by atoms with Crippen LogP contribution in [-0.4, -0.2) is 32.3 Å². The molecule has 8 heteroatoms. The molecule has 0 spiro atoms. The number of fused-ring (bicyclic) bond motifs is 1. The van der Waals surface area contributed by atoms with Crippen LogP contribution in [0.25, 0.3) is 4.96 Å².